The van der Waals surface area contributed by atoms with Gasteiger partial charge in [0.15, 0.2) is 5.69 Å². The van der Waals surface area contributed by atoms with Crippen LogP contribution in [0.25, 0.3) is 10.9 Å². The average Bonchev–Trinajstić information content (AvgIpc) is 3.31. The second-order valence-corrected chi connectivity index (χ2v) is 7.51. The number of carbonyl (C=O) groups excluding carboxylic acids is 1. The van der Waals surface area contributed by atoms with Crippen molar-refractivity contribution in [2.75, 3.05) is 0 Å². The smallest absolute Gasteiger partial charge is 0.291 e. The van der Waals surface area contributed by atoms with E-state index < -0.39 is 0 Å². The maximum atomic E-state index is 12.3. The Kier molecular flexibility index (Phi) is 5.27. The van der Waals surface area contributed by atoms with Gasteiger partial charge in [-0.3, -0.25) is 9.48 Å². The number of fused-ring (bicyclic) bond motifs is 1. The maximum Gasteiger partial charge on any atom is 0.291 e. The molecule has 4 aromatic rings. The number of amides is 1. The van der Waals surface area contributed by atoms with Crippen LogP contribution in [0.5, 0.6) is 0 Å². The lowest BCUT2D eigenvalue weighted by atomic mass is 10.2. The van der Waals surface area contributed by atoms with Crippen molar-refractivity contribution in [3.8, 4) is 0 Å². The fourth-order valence-corrected chi connectivity index (χ4v) is 3.27. The molecule has 0 saturated heterocycles. The summed E-state index contributed by atoms with van der Waals surface area (Å²) in [6.45, 7) is 0.554. The summed E-state index contributed by atoms with van der Waals surface area (Å²) in [4.78, 5) is 15.4. The number of benzene rings is 2. The molecular formula is C20H15BrClN5O. The largest absolute Gasteiger partial charge is 0.361 e. The predicted molar refractivity (Wildman–Crippen MR) is 114 cm³/mol. The van der Waals surface area contributed by atoms with E-state index in [0.29, 0.717) is 17.3 Å². The summed E-state index contributed by atoms with van der Waals surface area (Å²) in [5.41, 5.74) is 5.73. The van der Waals surface area contributed by atoms with Crippen LogP contribution < -0.4 is 5.43 Å². The van der Waals surface area contributed by atoms with Crippen LogP contribution in [-0.2, 0) is 6.54 Å². The highest BCUT2D eigenvalue weighted by Crippen LogP contribution is 2.21. The van der Waals surface area contributed by atoms with Crippen LogP contribution in [0.15, 0.2) is 70.5 Å². The van der Waals surface area contributed by atoms with Crippen LogP contribution in [0.1, 0.15) is 21.6 Å². The van der Waals surface area contributed by atoms with Gasteiger partial charge in [0.1, 0.15) is 0 Å². The molecule has 2 heterocycles. The molecule has 0 aliphatic carbocycles. The maximum absolute atomic E-state index is 12.3. The molecule has 6 nitrogen and oxygen atoms in total. The van der Waals surface area contributed by atoms with Gasteiger partial charge in [-0.2, -0.15) is 10.2 Å². The quantitative estimate of drug-likeness (QED) is 0.340. The molecule has 0 aliphatic rings. The summed E-state index contributed by atoms with van der Waals surface area (Å²) in [5, 5.41) is 10.0. The lowest BCUT2D eigenvalue weighted by Gasteiger charge is -2.02. The molecule has 0 saturated carbocycles. The molecule has 0 fully saturated rings. The number of nitrogens with zero attached hydrogens (tertiary/aromatic N) is 3. The van der Waals surface area contributed by atoms with Gasteiger partial charge in [-0.1, -0.05) is 39.7 Å². The number of H-pyrrole nitrogens is 1. The summed E-state index contributed by atoms with van der Waals surface area (Å²) >= 11 is 9.35. The molecule has 8 heteroatoms. The SMILES string of the molecule is O=C(N/N=C/c1c[nH]c2ccc(Br)cc12)c1ccn(Cc2ccc(Cl)cc2)n1. The van der Waals surface area contributed by atoms with Crippen molar-refractivity contribution in [3.63, 3.8) is 0 Å². The van der Waals surface area contributed by atoms with Crippen molar-refractivity contribution in [2.45, 2.75) is 6.54 Å². The Labute approximate surface area is 174 Å². The highest BCUT2D eigenvalue weighted by Gasteiger charge is 2.09. The second kappa shape index (κ2) is 8.00. The van der Waals surface area contributed by atoms with Gasteiger partial charge in [-0.15, -0.1) is 0 Å². The van der Waals surface area contributed by atoms with E-state index in [1.165, 1.54) is 0 Å². The van der Waals surface area contributed by atoms with E-state index in [0.717, 1.165) is 26.5 Å². The highest BCUT2D eigenvalue weighted by atomic mass is 79.9. The van der Waals surface area contributed by atoms with Crippen LogP contribution in [0.2, 0.25) is 5.02 Å². The first-order valence-electron chi connectivity index (χ1n) is 8.46. The number of nitrogens with one attached hydrogen (secondary N) is 2. The molecule has 0 radical (unpaired) electrons. The molecule has 2 aromatic heterocycles. The van der Waals surface area contributed by atoms with E-state index in [1.54, 1.807) is 23.2 Å². The average molecular weight is 457 g/mol. The Morgan fingerprint density at radius 3 is 2.89 bits per heavy atom. The minimum absolute atomic E-state index is 0.299. The van der Waals surface area contributed by atoms with Crippen molar-refractivity contribution < 1.29 is 4.79 Å². The molecule has 0 spiro atoms. The number of hydrazone groups is 1. The molecule has 0 unspecified atom stereocenters. The van der Waals surface area contributed by atoms with Crippen molar-refractivity contribution in [1.82, 2.24) is 20.2 Å². The normalized spacial score (nSPS) is 11.4. The molecule has 1 amide bonds. The molecule has 0 aliphatic heterocycles. The van der Waals surface area contributed by atoms with Gasteiger partial charge in [-0.05, 0) is 42.0 Å². The molecule has 2 aromatic carbocycles. The van der Waals surface area contributed by atoms with E-state index in [-0.39, 0.29) is 5.91 Å². The molecule has 28 heavy (non-hydrogen) atoms. The first-order chi connectivity index (χ1) is 13.6. The lowest BCUT2D eigenvalue weighted by Crippen LogP contribution is -2.18. The number of carbonyl (C=O) groups is 1. The zero-order chi connectivity index (χ0) is 19.5. The van der Waals surface area contributed by atoms with Gasteiger partial charge in [0, 0.05) is 38.4 Å². The van der Waals surface area contributed by atoms with Gasteiger partial charge in [0.25, 0.3) is 5.91 Å². The summed E-state index contributed by atoms with van der Waals surface area (Å²) in [5.74, 6) is -0.368. The molecular weight excluding hydrogens is 442 g/mol. The minimum atomic E-state index is -0.368. The highest BCUT2D eigenvalue weighted by molar-refractivity contribution is 9.10. The molecule has 0 bridgehead atoms. The van der Waals surface area contributed by atoms with E-state index >= 15 is 0 Å². The number of hydrogen-bond donors (Lipinski definition) is 2. The number of hydrogen-bond acceptors (Lipinski definition) is 3. The Balaban J connectivity index is 1.41. The second-order valence-electron chi connectivity index (χ2n) is 6.16. The molecule has 4 rings (SSSR count). The number of rotatable bonds is 5. The number of aromatic nitrogens is 3. The molecule has 0 atom stereocenters. The zero-order valence-electron chi connectivity index (χ0n) is 14.6. The first kappa shape index (κ1) is 18.5. The van der Waals surface area contributed by atoms with E-state index in [1.807, 2.05) is 48.7 Å². The third kappa shape index (κ3) is 4.16. The summed E-state index contributed by atoms with van der Waals surface area (Å²) in [6, 6.07) is 15.1. The molecule has 2 N–H and O–H groups in total. The minimum Gasteiger partial charge on any atom is -0.361 e. The monoisotopic (exact) mass is 455 g/mol. The van der Waals surface area contributed by atoms with Gasteiger partial charge < -0.3 is 4.98 Å². The third-order valence-electron chi connectivity index (χ3n) is 4.18. The summed E-state index contributed by atoms with van der Waals surface area (Å²) < 4.78 is 2.67. The van der Waals surface area contributed by atoms with Crippen LogP contribution in [0.4, 0.5) is 0 Å². The van der Waals surface area contributed by atoms with Crippen LogP contribution >= 0.6 is 27.5 Å². The van der Waals surface area contributed by atoms with E-state index in [4.69, 9.17) is 11.6 Å². The van der Waals surface area contributed by atoms with Crippen LogP contribution in [0, 0.1) is 0 Å². The number of halogens is 2. The van der Waals surface area contributed by atoms with Crippen molar-refractivity contribution in [1.29, 1.82) is 0 Å². The van der Waals surface area contributed by atoms with Gasteiger partial charge in [0.2, 0.25) is 0 Å². The van der Waals surface area contributed by atoms with Gasteiger partial charge in [-0.25, -0.2) is 5.43 Å². The van der Waals surface area contributed by atoms with Crippen molar-refractivity contribution >= 4 is 50.6 Å². The topological polar surface area (TPSA) is 75.1 Å². The van der Waals surface area contributed by atoms with Crippen molar-refractivity contribution in [3.05, 3.63) is 87.2 Å². The number of aromatic amines is 1. The van der Waals surface area contributed by atoms with Crippen LogP contribution in [0.3, 0.4) is 0 Å². The Morgan fingerprint density at radius 1 is 1.25 bits per heavy atom. The van der Waals surface area contributed by atoms with Gasteiger partial charge >= 0.3 is 0 Å². The van der Waals surface area contributed by atoms with Gasteiger partial charge in [0.05, 0.1) is 12.8 Å². The predicted octanol–water partition coefficient (Wildman–Crippen LogP) is 4.59. The fraction of sp³-hybridized carbons (Fsp3) is 0.0500. The van der Waals surface area contributed by atoms with Crippen LogP contribution in [-0.4, -0.2) is 26.9 Å². The Morgan fingerprint density at radius 2 is 2.07 bits per heavy atom. The Bertz CT molecular complexity index is 1160. The fourth-order valence-electron chi connectivity index (χ4n) is 2.79. The zero-order valence-corrected chi connectivity index (χ0v) is 16.9. The van der Waals surface area contributed by atoms with E-state index in [2.05, 4.69) is 36.5 Å². The summed E-state index contributed by atoms with van der Waals surface area (Å²) in [6.07, 6.45) is 5.20. The van der Waals surface area contributed by atoms with E-state index in [9.17, 15) is 4.79 Å². The first-order valence-corrected chi connectivity index (χ1v) is 9.63. The van der Waals surface area contributed by atoms with Crippen molar-refractivity contribution in [2.24, 2.45) is 5.10 Å². The third-order valence-corrected chi connectivity index (χ3v) is 4.92. The standard InChI is InChI=1S/C20H15BrClN5O/c21-15-3-6-18-17(9-15)14(10-23-18)11-24-25-20(28)19-7-8-27(26-19)12-13-1-4-16(22)5-2-13/h1-11,23H,12H2,(H,25,28)/b24-11+. The molecule has 140 valence electrons. The Hall–Kier alpha value is -2.90. The lowest BCUT2D eigenvalue weighted by molar-refractivity contribution is 0.0949. The summed E-state index contributed by atoms with van der Waals surface area (Å²) in [7, 11) is 0.